The predicted octanol–water partition coefficient (Wildman–Crippen LogP) is 6.48. The van der Waals surface area contributed by atoms with Crippen LogP contribution in [0.1, 0.15) is 64.6 Å². The number of aryl methyl sites for hydroxylation is 2. The highest BCUT2D eigenvalue weighted by Gasteiger charge is 2.36. The van der Waals surface area contributed by atoms with Crippen molar-refractivity contribution in [3.05, 3.63) is 105 Å². The van der Waals surface area contributed by atoms with Crippen LogP contribution in [0.15, 0.2) is 65.8 Å². The summed E-state index contributed by atoms with van der Waals surface area (Å²) >= 11 is 1.32. The summed E-state index contributed by atoms with van der Waals surface area (Å²) in [4.78, 5) is 44.9. The number of anilines is 1. The van der Waals surface area contributed by atoms with Crippen LogP contribution in [0.4, 0.5) is 18.2 Å². The lowest BCUT2D eigenvalue weighted by molar-refractivity contribution is -0.342. The van der Waals surface area contributed by atoms with Gasteiger partial charge in [0.1, 0.15) is 23.9 Å². The minimum absolute atomic E-state index is 0.0153. The normalized spacial score (nSPS) is 16.7. The number of carbonyl (C=O) groups excluding carboxylic acids is 3. The molecule has 2 amide bonds. The van der Waals surface area contributed by atoms with Crippen molar-refractivity contribution >= 4 is 53.4 Å². The zero-order valence-electron chi connectivity index (χ0n) is 33.1. The molecular weight excluding hydrogens is 788 g/mol. The summed E-state index contributed by atoms with van der Waals surface area (Å²) in [6.07, 6.45) is 7.37. The smallest absolute Gasteiger partial charge is 0.487 e. The molecule has 2 aliphatic rings. The van der Waals surface area contributed by atoms with E-state index in [1.807, 2.05) is 32.9 Å². The number of ether oxygens (including phenoxy) is 4. The molecule has 59 heavy (non-hydrogen) atoms. The Morgan fingerprint density at radius 3 is 2.61 bits per heavy atom. The minimum atomic E-state index is -2.77. The highest BCUT2D eigenvalue weighted by molar-refractivity contribution is 7.13. The van der Waals surface area contributed by atoms with Gasteiger partial charge in [0.25, 0.3) is 0 Å². The number of nitrogens with zero attached hydrogens (tertiary/aromatic N) is 2. The summed E-state index contributed by atoms with van der Waals surface area (Å²) in [5.74, 6) is -1.50. The van der Waals surface area contributed by atoms with Gasteiger partial charge in [-0.05, 0) is 74.2 Å². The summed E-state index contributed by atoms with van der Waals surface area (Å²) in [6, 6.07) is 9.31. The van der Waals surface area contributed by atoms with E-state index in [1.54, 1.807) is 35.9 Å². The van der Waals surface area contributed by atoms with Gasteiger partial charge in [-0.3, -0.25) is 9.59 Å². The van der Waals surface area contributed by atoms with E-state index in [-0.39, 0.29) is 74.5 Å². The van der Waals surface area contributed by atoms with Crippen molar-refractivity contribution < 1.29 is 50.8 Å². The van der Waals surface area contributed by atoms with Crippen molar-refractivity contribution in [2.75, 3.05) is 45.3 Å². The van der Waals surface area contributed by atoms with Crippen molar-refractivity contribution in [2.24, 2.45) is 0 Å². The van der Waals surface area contributed by atoms with Gasteiger partial charge in [-0.2, -0.15) is 0 Å². The quantitative estimate of drug-likeness (QED) is 0.0501. The lowest BCUT2D eigenvalue weighted by atomic mass is 9.81. The van der Waals surface area contributed by atoms with Gasteiger partial charge in [0.05, 0.1) is 25.9 Å². The summed E-state index contributed by atoms with van der Waals surface area (Å²) in [5, 5.41) is 11.3. The van der Waals surface area contributed by atoms with Gasteiger partial charge in [0.15, 0.2) is 22.3 Å². The van der Waals surface area contributed by atoms with Gasteiger partial charge in [-0.25, -0.2) is 14.2 Å². The number of rotatable bonds is 18. The molecule has 0 spiro atoms. The number of H-pyrrole nitrogens is 1. The molecule has 0 fully saturated rings. The minimum Gasteiger partial charge on any atom is -0.487 e. The number of halogens is 3. The molecule has 1 radical (unpaired) electrons. The first kappa shape index (κ1) is 42.9. The molecule has 4 N–H and O–H groups in total. The lowest BCUT2D eigenvalue weighted by Crippen LogP contribution is -2.47. The number of esters is 1. The Bertz CT molecular complexity index is 2280. The molecule has 2 aromatic heterocycles. The average molecular weight is 834 g/mol. The molecule has 13 nitrogen and oxygen atoms in total. The van der Waals surface area contributed by atoms with Gasteiger partial charge in [-0.1, -0.05) is 0 Å². The summed E-state index contributed by atoms with van der Waals surface area (Å²) < 4.78 is 66.5. The van der Waals surface area contributed by atoms with Gasteiger partial charge in [0, 0.05) is 85.2 Å². The van der Waals surface area contributed by atoms with Crippen LogP contribution in [-0.2, 0) is 31.0 Å². The first-order valence-corrected chi connectivity index (χ1v) is 19.9. The largest absolute Gasteiger partial charge is 0.609 e. The van der Waals surface area contributed by atoms with Crippen LogP contribution in [0.5, 0.6) is 17.2 Å². The number of fused-ring (bicyclic) bond motifs is 1. The van der Waals surface area contributed by atoms with Crippen LogP contribution in [0, 0.1) is 19.7 Å². The number of amides is 2. The fourth-order valence-electron chi connectivity index (χ4n) is 6.99. The third-order valence-electron chi connectivity index (χ3n) is 9.81. The van der Waals surface area contributed by atoms with E-state index >= 15 is 0 Å². The number of hydrogen-bond donors (Lipinski definition) is 4. The van der Waals surface area contributed by atoms with Crippen LogP contribution in [0.3, 0.4) is 0 Å². The zero-order chi connectivity index (χ0) is 42.1. The standard InChI is InChI=1S/C41H44BF3N6O7S/c1-25-19-26(2)49-34(25)21-29-6-5-28(51(29)42(44)45)7-10-37(52)46-13-15-56-16-17-57-35-20-27-11-12-48-41(3,24-38(53)50-40-47-14-18-59-40)32(27)23-36(35)58-30-8-9-31(33(43)22-30)39(54)55-4/h5-6,8-9,14,18-23,48-49H,7,10-13,15-17,24H2,1-4H3,(H-,46,47,50,52,53)/q-1/p+1/b29-21-/t41-/m1/s1. The number of aromatic nitrogens is 2. The molecule has 0 saturated heterocycles. The second-order valence-electron chi connectivity index (χ2n) is 14.2. The molecule has 0 bridgehead atoms. The fraction of sp³-hybridized carbons (Fsp3) is 0.341. The molecule has 2 aromatic carbocycles. The van der Waals surface area contributed by atoms with Crippen molar-refractivity contribution in [3.8, 4) is 17.2 Å². The number of nitrogens with one attached hydrogen (secondary N) is 4. The summed E-state index contributed by atoms with van der Waals surface area (Å²) in [7, 11) is -1.61. The molecule has 1 atom stereocenters. The Kier molecular flexibility index (Phi) is 14.1. The molecule has 0 aliphatic carbocycles. The molecular formula is C41H45BF3N6O7S. The number of hydrogen-bond acceptors (Lipinski definition) is 10. The molecule has 6 rings (SSSR count). The number of methoxy groups -OCH3 is 1. The van der Waals surface area contributed by atoms with E-state index in [1.165, 1.54) is 23.5 Å². The van der Waals surface area contributed by atoms with Crippen LogP contribution < -0.4 is 25.4 Å². The van der Waals surface area contributed by atoms with Gasteiger partial charge in [-0.15, -0.1) is 11.3 Å². The van der Waals surface area contributed by atoms with Crippen LogP contribution >= 0.6 is 11.3 Å². The van der Waals surface area contributed by atoms with Gasteiger partial charge >= 0.3 is 13.4 Å². The van der Waals surface area contributed by atoms with E-state index < -0.39 is 24.7 Å². The maximum absolute atomic E-state index is 14.9. The third-order valence-corrected chi connectivity index (χ3v) is 10.5. The monoisotopic (exact) mass is 833 g/mol. The van der Waals surface area contributed by atoms with E-state index in [2.05, 4.69) is 30.7 Å². The van der Waals surface area contributed by atoms with Gasteiger partial charge in [0.2, 0.25) is 11.8 Å². The van der Waals surface area contributed by atoms with Crippen molar-refractivity contribution in [2.45, 2.75) is 52.0 Å². The molecule has 0 unspecified atom stereocenters. The van der Waals surface area contributed by atoms with E-state index in [4.69, 9.17) is 14.2 Å². The molecule has 0 saturated carbocycles. The first-order chi connectivity index (χ1) is 28.3. The zero-order valence-corrected chi connectivity index (χ0v) is 33.9. The fourth-order valence-corrected chi connectivity index (χ4v) is 7.54. The van der Waals surface area contributed by atoms with Crippen molar-refractivity contribution in [1.82, 2.24) is 20.6 Å². The Morgan fingerprint density at radius 1 is 1.07 bits per heavy atom. The second-order valence-corrected chi connectivity index (χ2v) is 15.1. The molecule has 4 aromatic rings. The number of thiazole rings is 1. The number of aromatic amines is 1. The van der Waals surface area contributed by atoms with Crippen molar-refractivity contribution in [1.29, 1.82) is 0 Å². The number of allylic oxidation sites excluding steroid dienone is 2. The Balaban J connectivity index is 1.05. The topological polar surface area (TPSA) is 156 Å². The molecule has 4 heterocycles. The molecule has 2 aliphatic heterocycles. The van der Waals surface area contributed by atoms with Crippen LogP contribution in [0.2, 0.25) is 0 Å². The maximum atomic E-state index is 14.9. The second kappa shape index (κ2) is 19.4. The van der Waals surface area contributed by atoms with E-state index in [0.717, 1.165) is 45.7 Å². The Morgan fingerprint density at radius 2 is 1.90 bits per heavy atom. The first-order valence-electron chi connectivity index (χ1n) is 19.0. The Labute approximate surface area is 343 Å². The van der Waals surface area contributed by atoms with Crippen LogP contribution in [0.25, 0.3) is 6.08 Å². The average Bonchev–Trinajstić information content (AvgIpc) is 3.93. The van der Waals surface area contributed by atoms with E-state index in [9.17, 15) is 27.4 Å². The summed E-state index contributed by atoms with van der Waals surface area (Å²) in [6.45, 7) is 6.91. The highest BCUT2D eigenvalue weighted by Crippen LogP contribution is 2.41. The van der Waals surface area contributed by atoms with Crippen molar-refractivity contribution in [3.63, 3.8) is 0 Å². The summed E-state index contributed by atoms with van der Waals surface area (Å²) in [5.41, 5.74) is 4.00. The van der Waals surface area contributed by atoms with Gasteiger partial charge < -0.3 is 53.0 Å². The number of benzene rings is 2. The highest BCUT2D eigenvalue weighted by atomic mass is 32.1. The number of carbonyl (C=O) groups is 3. The molecule has 311 valence electrons. The maximum Gasteiger partial charge on any atom is 0.609 e. The lowest BCUT2D eigenvalue weighted by Gasteiger charge is -2.37. The predicted molar refractivity (Wildman–Crippen MR) is 218 cm³/mol. The SMILES string of the molecule is COC(=O)c1ccc(Oc2cc3c(cc2OCCOCCNC(=O)CCC2=[N+]([B-](F)F)/C(=C\c4[nH]c(C)cc4C)C=C2)CCN[C@]3(C)CC(=O)Nc2nccs2)cc1F. The van der Waals surface area contributed by atoms with E-state index in [0.29, 0.717) is 35.3 Å². The molecule has 18 heteroatoms. The van der Waals surface area contributed by atoms with Crippen LogP contribution in [-0.4, -0.2) is 85.4 Å². The third kappa shape index (κ3) is 10.9. The Hall–Kier alpha value is -5.72.